The van der Waals surface area contributed by atoms with E-state index in [1.54, 1.807) is 0 Å². The predicted octanol–water partition coefficient (Wildman–Crippen LogP) is 4.06. The summed E-state index contributed by atoms with van der Waals surface area (Å²) < 4.78 is 31.5. The smallest absolute Gasteiger partial charge is 0.190 e. The van der Waals surface area contributed by atoms with Crippen LogP contribution in [0.4, 0.5) is 8.78 Å². The minimum Gasteiger partial charge on any atom is -0.488 e. The Bertz CT molecular complexity index is 418. The van der Waals surface area contributed by atoms with Gasteiger partial charge in [-0.15, -0.1) is 0 Å². The number of hydrogen-bond donors (Lipinski definition) is 0. The predicted molar refractivity (Wildman–Crippen MR) is 65.1 cm³/mol. The second kappa shape index (κ2) is 6.34. The van der Waals surface area contributed by atoms with E-state index in [0.717, 1.165) is 25.0 Å². The lowest BCUT2D eigenvalue weighted by Gasteiger charge is -2.14. The summed E-state index contributed by atoms with van der Waals surface area (Å²) in [7, 11) is 0. The molecule has 0 heterocycles. The molecule has 0 N–H and O–H groups in total. The fraction of sp³-hybridized carbons (Fsp3) is 0.500. The molecule has 0 radical (unpaired) electrons. The number of hydrogen-bond acceptors (Lipinski definition) is 2. The highest BCUT2D eigenvalue weighted by molar-refractivity contribution is 5.25. The highest BCUT2D eigenvalue weighted by atomic mass is 19.1. The molecule has 0 unspecified atom stereocenters. The maximum absolute atomic E-state index is 13.2. The van der Waals surface area contributed by atoms with Gasteiger partial charge in [-0.25, -0.2) is 8.78 Å². The van der Waals surface area contributed by atoms with Gasteiger partial charge in [-0.3, -0.25) is 0 Å². The molecule has 2 nitrogen and oxygen atoms in total. The van der Waals surface area contributed by atoms with Gasteiger partial charge in [0.25, 0.3) is 0 Å². The first-order valence-electron chi connectivity index (χ1n) is 5.94. The van der Waals surface area contributed by atoms with E-state index < -0.39 is 11.6 Å². The fourth-order valence-electron chi connectivity index (χ4n) is 1.52. The van der Waals surface area contributed by atoms with E-state index in [1.165, 1.54) is 6.07 Å². The Morgan fingerprint density at radius 3 is 2.39 bits per heavy atom. The molecule has 0 aliphatic heterocycles. The van der Waals surface area contributed by atoms with Crippen molar-refractivity contribution in [3.05, 3.63) is 29.8 Å². The number of para-hydroxylation sites is 1. The van der Waals surface area contributed by atoms with Crippen molar-refractivity contribution in [1.82, 2.24) is 0 Å². The van der Waals surface area contributed by atoms with Crippen molar-refractivity contribution < 1.29 is 13.5 Å². The van der Waals surface area contributed by atoms with Crippen molar-refractivity contribution in [2.24, 2.45) is 5.41 Å². The van der Waals surface area contributed by atoms with E-state index in [2.05, 4.69) is 6.07 Å². The number of benzene rings is 1. The molecule has 0 saturated heterocycles. The van der Waals surface area contributed by atoms with Gasteiger partial charge in [0, 0.05) is 0 Å². The van der Waals surface area contributed by atoms with E-state index in [1.807, 2.05) is 13.8 Å². The van der Waals surface area contributed by atoms with Gasteiger partial charge in [0.1, 0.15) is 0 Å². The van der Waals surface area contributed by atoms with Crippen molar-refractivity contribution in [2.45, 2.75) is 33.1 Å². The van der Waals surface area contributed by atoms with Gasteiger partial charge in [-0.2, -0.15) is 5.26 Å². The summed E-state index contributed by atoms with van der Waals surface area (Å²) in [5, 5.41) is 8.82. The SMILES string of the molecule is CC(C)(C#N)CCCCOc1c(F)cccc1F. The molecule has 0 saturated carbocycles. The van der Waals surface area contributed by atoms with Crippen LogP contribution in [0.15, 0.2) is 18.2 Å². The van der Waals surface area contributed by atoms with Crippen LogP contribution in [-0.2, 0) is 0 Å². The van der Waals surface area contributed by atoms with Crippen molar-refractivity contribution in [2.75, 3.05) is 6.61 Å². The first kappa shape index (κ1) is 14.4. The average Bonchev–Trinajstić information content (AvgIpc) is 2.32. The molecule has 0 aliphatic carbocycles. The van der Waals surface area contributed by atoms with Gasteiger partial charge in [-0.1, -0.05) is 6.07 Å². The standard InChI is InChI=1S/C14H17F2NO/c1-14(2,10-17)8-3-4-9-18-13-11(15)6-5-7-12(13)16/h5-7H,3-4,8-9H2,1-2H3. The third-order valence-corrected chi connectivity index (χ3v) is 2.66. The number of rotatable bonds is 6. The van der Waals surface area contributed by atoms with Crippen LogP contribution in [0.25, 0.3) is 0 Å². The molecule has 4 heteroatoms. The zero-order chi connectivity index (χ0) is 13.6. The molecular weight excluding hydrogens is 236 g/mol. The second-order valence-electron chi connectivity index (χ2n) is 4.85. The fourth-order valence-corrected chi connectivity index (χ4v) is 1.52. The second-order valence-corrected chi connectivity index (χ2v) is 4.85. The molecule has 0 atom stereocenters. The lowest BCUT2D eigenvalue weighted by atomic mass is 9.89. The van der Waals surface area contributed by atoms with Crippen molar-refractivity contribution in [3.63, 3.8) is 0 Å². The Morgan fingerprint density at radius 2 is 1.83 bits per heavy atom. The van der Waals surface area contributed by atoms with Gasteiger partial charge in [0.05, 0.1) is 18.1 Å². The van der Waals surface area contributed by atoms with E-state index in [9.17, 15) is 8.78 Å². The molecule has 98 valence electrons. The highest BCUT2D eigenvalue weighted by Gasteiger charge is 2.15. The van der Waals surface area contributed by atoms with Gasteiger partial charge in [0.15, 0.2) is 17.4 Å². The van der Waals surface area contributed by atoms with Gasteiger partial charge in [-0.05, 0) is 45.2 Å². The molecule has 1 aromatic carbocycles. The van der Waals surface area contributed by atoms with Crippen LogP contribution in [0.1, 0.15) is 33.1 Å². The minimum absolute atomic E-state index is 0.249. The summed E-state index contributed by atoms with van der Waals surface area (Å²) in [6, 6.07) is 5.83. The molecule has 18 heavy (non-hydrogen) atoms. The van der Waals surface area contributed by atoms with Gasteiger partial charge < -0.3 is 4.74 Å². The normalized spacial score (nSPS) is 11.1. The summed E-state index contributed by atoms with van der Waals surface area (Å²) in [6.07, 6.45) is 2.20. The molecule has 1 rings (SSSR count). The molecule has 0 bridgehead atoms. The third kappa shape index (κ3) is 4.33. The van der Waals surface area contributed by atoms with Crippen LogP contribution >= 0.6 is 0 Å². The van der Waals surface area contributed by atoms with Gasteiger partial charge in [0.2, 0.25) is 0 Å². The van der Waals surface area contributed by atoms with Crippen molar-refractivity contribution in [1.29, 1.82) is 5.26 Å². The van der Waals surface area contributed by atoms with Crippen LogP contribution < -0.4 is 4.74 Å². The Kier molecular flexibility index (Phi) is 5.08. The van der Waals surface area contributed by atoms with Crippen LogP contribution in [-0.4, -0.2) is 6.61 Å². The summed E-state index contributed by atoms with van der Waals surface area (Å²) in [5.41, 5.74) is -0.358. The Balaban J connectivity index is 2.33. The molecule has 0 spiro atoms. The maximum atomic E-state index is 13.2. The van der Waals surface area contributed by atoms with Crippen LogP contribution in [0.3, 0.4) is 0 Å². The van der Waals surface area contributed by atoms with Crippen LogP contribution in [0.2, 0.25) is 0 Å². The van der Waals surface area contributed by atoms with E-state index in [0.29, 0.717) is 6.42 Å². The van der Waals surface area contributed by atoms with Crippen molar-refractivity contribution in [3.8, 4) is 11.8 Å². The van der Waals surface area contributed by atoms with E-state index >= 15 is 0 Å². The van der Waals surface area contributed by atoms with Crippen molar-refractivity contribution >= 4 is 0 Å². The average molecular weight is 253 g/mol. The zero-order valence-electron chi connectivity index (χ0n) is 10.7. The number of ether oxygens (including phenoxy) is 1. The Labute approximate surface area is 106 Å². The molecule has 0 fully saturated rings. The third-order valence-electron chi connectivity index (χ3n) is 2.66. The topological polar surface area (TPSA) is 33.0 Å². The summed E-state index contributed by atoms with van der Waals surface area (Å²) in [6.45, 7) is 3.98. The summed E-state index contributed by atoms with van der Waals surface area (Å²) >= 11 is 0. The maximum Gasteiger partial charge on any atom is 0.190 e. The number of unbranched alkanes of at least 4 members (excludes halogenated alkanes) is 1. The lowest BCUT2D eigenvalue weighted by Crippen LogP contribution is -2.08. The molecule has 1 aromatic rings. The zero-order valence-corrected chi connectivity index (χ0v) is 10.7. The Hall–Kier alpha value is -1.63. The first-order valence-corrected chi connectivity index (χ1v) is 5.94. The van der Waals surface area contributed by atoms with Crippen LogP contribution in [0.5, 0.6) is 5.75 Å². The highest BCUT2D eigenvalue weighted by Crippen LogP contribution is 2.23. The van der Waals surface area contributed by atoms with E-state index in [-0.39, 0.29) is 17.8 Å². The largest absolute Gasteiger partial charge is 0.488 e. The molecule has 0 aromatic heterocycles. The lowest BCUT2D eigenvalue weighted by molar-refractivity contribution is 0.269. The minimum atomic E-state index is -0.688. The van der Waals surface area contributed by atoms with E-state index in [4.69, 9.17) is 10.00 Å². The molecule has 0 amide bonds. The quantitative estimate of drug-likeness (QED) is 0.716. The monoisotopic (exact) mass is 253 g/mol. The number of nitrogens with zero attached hydrogens (tertiary/aromatic N) is 1. The summed E-state index contributed by atoms with van der Waals surface area (Å²) in [5.74, 6) is -1.70. The first-order chi connectivity index (χ1) is 8.46. The molecular formula is C14H17F2NO. The molecule has 0 aliphatic rings. The summed E-state index contributed by atoms with van der Waals surface area (Å²) in [4.78, 5) is 0. The van der Waals surface area contributed by atoms with Gasteiger partial charge >= 0.3 is 0 Å². The number of halogens is 2. The number of nitriles is 1. The Morgan fingerprint density at radius 1 is 1.22 bits per heavy atom. The van der Waals surface area contributed by atoms with Crippen LogP contribution in [0, 0.1) is 28.4 Å².